The number of hydrogen-bond acceptors (Lipinski definition) is 3. The quantitative estimate of drug-likeness (QED) is 0.230. The van der Waals surface area contributed by atoms with E-state index in [2.05, 4.69) is 13.8 Å². The third-order valence-electron chi connectivity index (χ3n) is 5.01. The van der Waals surface area contributed by atoms with E-state index in [0.717, 1.165) is 77.0 Å². The molecule has 2 N–H and O–H groups in total. The molecular formula is C20H42O4S. The van der Waals surface area contributed by atoms with Crippen molar-refractivity contribution >= 4 is 10.1 Å². The summed E-state index contributed by atoms with van der Waals surface area (Å²) in [6.45, 7) is 4.30. The summed E-state index contributed by atoms with van der Waals surface area (Å²) in [5.41, 5.74) is 0. The van der Waals surface area contributed by atoms with Gasteiger partial charge in [0.1, 0.15) is 0 Å². The predicted molar refractivity (Wildman–Crippen MR) is 107 cm³/mol. The van der Waals surface area contributed by atoms with Gasteiger partial charge in [0.15, 0.2) is 0 Å². The van der Waals surface area contributed by atoms with Crippen LogP contribution in [-0.2, 0) is 10.1 Å². The fourth-order valence-corrected chi connectivity index (χ4v) is 4.21. The summed E-state index contributed by atoms with van der Waals surface area (Å²) in [7, 11) is -3.91. The fourth-order valence-electron chi connectivity index (χ4n) is 3.28. The molecule has 0 saturated carbocycles. The monoisotopic (exact) mass is 378 g/mol. The maximum Gasteiger partial charge on any atom is 0.267 e. The zero-order valence-corrected chi connectivity index (χ0v) is 17.4. The fraction of sp³-hybridized carbons (Fsp3) is 1.00. The summed E-state index contributed by atoms with van der Waals surface area (Å²) in [6, 6.07) is 0. The molecule has 0 aliphatic heterocycles. The molecule has 0 aromatic rings. The highest BCUT2D eigenvalue weighted by Crippen LogP contribution is 2.19. The van der Waals surface area contributed by atoms with Gasteiger partial charge in [0.2, 0.25) is 0 Å². The Labute approximate surface area is 156 Å². The standard InChI is InChI=1S/C20H42O4S/c1-3-5-7-9-13-17-20(25(22,23)24)18-14-11-8-10-12-16-19(21)15-6-4-2/h19-21H,3-18H2,1-2H3,(H,22,23,24). The molecule has 0 aliphatic carbocycles. The first-order valence-corrected chi connectivity index (χ1v) is 12.1. The lowest BCUT2D eigenvalue weighted by Gasteiger charge is -2.14. The third-order valence-corrected chi connectivity index (χ3v) is 6.32. The molecule has 2 unspecified atom stereocenters. The van der Waals surface area contributed by atoms with Crippen LogP contribution in [0, 0.1) is 0 Å². The molecule has 4 nitrogen and oxygen atoms in total. The summed E-state index contributed by atoms with van der Waals surface area (Å²) in [6.07, 6.45) is 15.6. The summed E-state index contributed by atoms with van der Waals surface area (Å²) in [4.78, 5) is 0. The zero-order chi connectivity index (χ0) is 19.0. The van der Waals surface area contributed by atoms with Crippen molar-refractivity contribution in [2.24, 2.45) is 0 Å². The Balaban J connectivity index is 3.74. The molecule has 0 aromatic carbocycles. The van der Waals surface area contributed by atoms with Crippen LogP contribution in [0.3, 0.4) is 0 Å². The minimum absolute atomic E-state index is 0.156. The van der Waals surface area contributed by atoms with Crippen molar-refractivity contribution in [2.45, 2.75) is 128 Å². The lowest BCUT2D eigenvalue weighted by molar-refractivity contribution is 0.148. The van der Waals surface area contributed by atoms with E-state index in [-0.39, 0.29) is 6.10 Å². The Kier molecular flexibility index (Phi) is 16.0. The maximum absolute atomic E-state index is 11.5. The molecule has 152 valence electrons. The van der Waals surface area contributed by atoms with E-state index in [0.29, 0.717) is 12.8 Å². The second-order valence-electron chi connectivity index (χ2n) is 7.48. The average Bonchev–Trinajstić information content (AvgIpc) is 2.55. The van der Waals surface area contributed by atoms with Crippen molar-refractivity contribution in [3.63, 3.8) is 0 Å². The van der Waals surface area contributed by atoms with Crippen LogP contribution in [0.2, 0.25) is 0 Å². The lowest BCUT2D eigenvalue weighted by atomic mass is 10.0. The molecule has 0 spiro atoms. The van der Waals surface area contributed by atoms with E-state index >= 15 is 0 Å². The van der Waals surface area contributed by atoms with Crippen LogP contribution in [-0.4, -0.2) is 29.4 Å². The zero-order valence-electron chi connectivity index (χ0n) is 16.6. The van der Waals surface area contributed by atoms with E-state index < -0.39 is 15.4 Å². The molecule has 25 heavy (non-hydrogen) atoms. The van der Waals surface area contributed by atoms with Crippen molar-refractivity contribution < 1.29 is 18.1 Å². The number of aliphatic hydroxyl groups is 1. The van der Waals surface area contributed by atoms with Crippen LogP contribution in [0.15, 0.2) is 0 Å². The van der Waals surface area contributed by atoms with Crippen LogP contribution in [0.5, 0.6) is 0 Å². The normalized spacial score (nSPS) is 14.6. The van der Waals surface area contributed by atoms with E-state index in [1.54, 1.807) is 0 Å². The van der Waals surface area contributed by atoms with Crippen molar-refractivity contribution in [3.05, 3.63) is 0 Å². The van der Waals surface area contributed by atoms with Gasteiger partial charge in [0.25, 0.3) is 10.1 Å². The van der Waals surface area contributed by atoms with Crippen molar-refractivity contribution in [2.75, 3.05) is 0 Å². The smallest absolute Gasteiger partial charge is 0.267 e. The molecule has 5 heteroatoms. The predicted octanol–water partition coefficient (Wildman–Crippen LogP) is 5.89. The molecule has 2 atom stereocenters. The van der Waals surface area contributed by atoms with Gasteiger partial charge in [-0.1, -0.05) is 90.9 Å². The Morgan fingerprint density at radius 1 is 0.640 bits per heavy atom. The minimum Gasteiger partial charge on any atom is -0.393 e. The Morgan fingerprint density at radius 3 is 1.52 bits per heavy atom. The molecule has 0 fully saturated rings. The van der Waals surface area contributed by atoms with Gasteiger partial charge in [-0.05, 0) is 25.7 Å². The highest BCUT2D eigenvalue weighted by atomic mass is 32.2. The van der Waals surface area contributed by atoms with E-state index in [1.165, 1.54) is 12.8 Å². The van der Waals surface area contributed by atoms with Gasteiger partial charge in [-0.2, -0.15) is 8.42 Å². The first-order chi connectivity index (χ1) is 11.9. The summed E-state index contributed by atoms with van der Waals surface area (Å²) in [5, 5.41) is 9.21. The van der Waals surface area contributed by atoms with Crippen LogP contribution < -0.4 is 0 Å². The summed E-state index contributed by atoms with van der Waals surface area (Å²) < 4.78 is 32.4. The molecule has 0 aromatic heterocycles. The average molecular weight is 379 g/mol. The SMILES string of the molecule is CCCCCCCC(CCCCCCCC(O)CCCC)S(=O)(=O)O. The second kappa shape index (κ2) is 16.1. The molecule has 0 radical (unpaired) electrons. The highest BCUT2D eigenvalue weighted by Gasteiger charge is 2.21. The second-order valence-corrected chi connectivity index (χ2v) is 9.18. The molecule has 0 saturated heterocycles. The van der Waals surface area contributed by atoms with Gasteiger partial charge < -0.3 is 5.11 Å². The first-order valence-electron chi connectivity index (χ1n) is 10.6. The van der Waals surface area contributed by atoms with Crippen molar-refractivity contribution in [3.8, 4) is 0 Å². The van der Waals surface area contributed by atoms with E-state index in [1.807, 2.05) is 0 Å². The Hall–Kier alpha value is -0.130. The third kappa shape index (κ3) is 15.8. The first kappa shape index (κ1) is 24.9. The molecule has 0 bridgehead atoms. The highest BCUT2D eigenvalue weighted by molar-refractivity contribution is 7.86. The molecular weight excluding hydrogens is 336 g/mol. The Bertz CT molecular complexity index is 381. The van der Waals surface area contributed by atoms with Gasteiger partial charge in [0, 0.05) is 0 Å². The Morgan fingerprint density at radius 2 is 1.04 bits per heavy atom. The number of hydrogen-bond donors (Lipinski definition) is 2. The van der Waals surface area contributed by atoms with Gasteiger partial charge in [-0.25, -0.2) is 0 Å². The van der Waals surface area contributed by atoms with Crippen LogP contribution >= 0.6 is 0 Å². The number of rotatable bonds is 18. The van der Waals surface area contributed by atoms with Gasteiger partial charge in [-0.15, -0.1) is 0 Å². The van der Waals surface area contributed by atoms with Crippen molar-refractivity contribution in [1.29, 1.82) is 0 Å². The topological polar surface area (TPSA) is 74.6 Å². The van der Waals surface area contributed by atoms with E-state index in [4.69, 9.17) is 0 Å². The molecule has 0 rings (SSSR count). The van der Waals surface area contributed by atoms with Crippen LogP contribution in [0.1, 0.15) is 117 Å². The number of unbranched alkanes of at least 4 members (excludes halogenated alkanes) is 9. The summed E-state index contributed by atoms with van der Waals surface area (Å²) in [5.74, 6) is 0. The van der Waals surface area contributed by atoms with Crippen LogP contribution in [0.25, 0.3) is 0 Å². The molecule has 0 aliphatic rings. The van der Waals surface area contributed by atoms with Gasteiger partial charge in [0.05, 0.1) is 11.4 Å². The molecule has 0 heterocycles. The van der Waals surface area contributed by atoms with Crippen molar-refractivity contribution in [1.82, 2.24) is 0 Å². The maximum atomic E-state index is 11.5. The largest absolute Gasteiger partial charge is 0.393 e. The van der Waals surface area contributed by atoms with Crippen LogP contribution in [0.4, 0.5) is 0 Å². The number of aliphatic hydroxyl groups excluding tert-OH is 1. The summed E-state index contributed by atoms with van der Waals surface area (Å²) >= 11 is 0. The molecule has 0 amide bonds. The minimum atomic E-state index is -3.91. The lowest BCUT2D eigenvalue weighted by Crippen LogP contribution is -2.20. The van der Waals surface area contributed by atoms with Gasteiger partial charge in [-0.3, -0.25) is 4.55 Å². The van der Waals surface area contributed by atoms with E-state index in [9.17, 15) is 18.1 Å². The van der Waals surface area contributed by atoms with Gasteiger partial charge >= 0.3 is 0 Å².